The average Bonchev–Trinajstić information content (AvgIpc) is 2.51. The maximum atomic E-state index is 12.8. The Kier molecular flexibility index (Phi) is 7.32. The molecule has 0 saturated heterocycles. The number of amides is 2. The van der Waals surface area contributed by atoms with Crippen LogP contribution in [0.3, 0.4) is 0 Å². The van der Waals surface area contributed by atoms with Crippen LogP contribution in [0.1, 0.15) is 26.3 Å². The van der Waals surface area contributed by atoms with Crippen molar-refractivity contribution in [1.29, 1.82) is 0 Å². The Hall–Kier alpha value is -2.30. The van der Waals surface area contributed by atoms with Crippen molar-refractivity contribution in [2.24, 2.45) is 5.92 Å². The molecule has 0 aliphatic heterocycles. The van der Waals surface area contributed by atoms with Crippen molar-refractivity contribution in [1.82, 2.24) is 10.2 Å². The predicted molar refractivity (Wildman–Crippen MR) is 91.1 cm³/mol. The number of rotatable bonds is 8. The summed E-state index contributed by atoms with van der Waals surface area (Å²) in [5.74, 6) is 0.389. The van der Waals surface area contributed by atoms with Crippen molar-refractivity contribution >= 4 is 11.8 Å². The van der Waals surface area contributed by atoms with Gasteiger partial charge in [-0.1, -0.05) is 38.1 Å². The molecule has 1 rings (SSSR count). The highest BCUT2D eigenvalue weighted by molar-refractivity contribution is 5.87. The highest BCUT2D eigenvalue weighted by atomic mass is 16.5. The summed E-state index contributed by atoms with van der Waals surface area (Å²) in [6.07, 6.45) is 1.68. The smallest absolute Gasteiger partial charge is 0.245 e. The number of carbonyl (C=O) groups excluding carboxylic acids is 2. The lowest BCUT2D eigenvalue weighted by Gasteiger charge is -2.29. The second-order valence-electron chi connectivity index (χ2n) is 5.74. The van der Waals surface area contributed by atoms with Crippen molar-refractivity contribution in [3.05, 3.63) is 42.5 Å². The minimum Gasteiger partial charge on any atom is -0.496 e. The molecule has 1 aromatic rings. The molecule has 2 amide bonds. The van der Waals surface area contributed by atoms with Gasteiger partial charge in [0.1, 0.15) is 11.8 Å². The van der Waals surface area contributed by atoms with E-state index in [1.165, 1.54) is 6.92 Å². The number of nitrogens with one attached hydrogen (secondary N) is 1. The van der Waals surface area contributed by atoms with E-state index >= 15 is 0 Å². The Balaban J connectivity index is 3.01. The van der Waals surface area contributed by atoms with Gasteiger partial charge in [-0.25, -0.2) is 0 Å². The summed E-state index contributed by atoms with van der Waals surface area (Å²) in [6.45, 7) is 9.76. The van der Waals surface area contributed by atoms with Crippen LogP contribution in [0, 0.1) is 5.92 Å². The summed E-state index contributed by atoms with van der Waals surface area (Å²) in [6, 6.07) is 7.02. The lowest BCUT2D eigenvalue weighted by Crippen LogP contribution is -2.50. The van der Waals surface area contributed by atoms with Crippen molar-refractivity contribution < 1.29 is 14.3 Å². The second kappa shape index (κ2) is 8.98. The molecule has 0 spiro atoms. The first kappa shape index (κ1) is 18.7. The molecule has 0 unspecified atom stereocenters. The Morgan fingerprint density at radius 3 is 2.52 bits per heavy atom. The van der Waals surface area contributed by atoms with Gasteiger partial charge >= 0.3 is 0 Å². The van der Waals surface area contributed by atoms with E-state index in [1.807, 2.05) is 38.1 Å². The van der Waals surface area contributed by atoms with Crippen LogP contribution in [0.2, 0.25) is 0 Å². The molecule has 5 heteroatoms. The molecule has 0 fully saturated rings. The largest absolute Gasteiger partial charge is 0.496 e. The molecule has 126 valence electrons. The van der Waals surface area contributed by atoms with Crippen LogP contribution in [-0.4, -0.2) is 36.4 Å². The fourth-order valence-electron chi connectivity index (χ4n) is 2.36. The normalized spacial score (nSPS) is 11.7. The SMILES string of the molecule is C=CCN(Cc1ccccc1OC)C(=O)[C@@H](NC(C)=O)C(C)C. The average molecular weight is 318 g/mol. The molecule has 0 heterocycles. The molecule has 5 nitrogen and oxygen atoms in total. The van der Waals surface area contributed by atoms with E-state index in [-0.39, 0.29) is 17.7 Å². The van der Waals surface area contributed by atoms with E-state index in [0.717, 1.165) is 11.3 Å². The summed E-state index contributed by atoms with van der Waals surface area (Å²) in [5, 5.41) is 2.74. The van der Waals surface area contributed by atoms with E-state index < -0.39 is 6.04 Å². The number of methoxy groups -OCH3 is 1. The molecule has 0 saturated carbocycles. The summed E-state index contributed by atoms with van der Waals surface area (Å²) in [7, 11) is 1.60. The van der Waals surface area contributed by atoms with Gasteiger partial charge in [0.2, 0.25) is 11.8 Å². The van der Waals surface area contributed by atoms with Crippen molar-refractivity contribution in [3.8, 4) is 5.75 Å². The molecular formula is C18H26N2O3. The highest BCUT2D eigenvalue weighted by Gasteiger charge is 2.27. The standard InChI is InChI=1S/C18H26N2O3/c1-6-11-20(12-15-9-7-8-10-16(15)23-5)18(22)17(13(2)3)19-14(4)21/h6-10,13,17H,1,11-12H2,2-5H3,(H,19,21)/t17-/m0/s1. The molecule has 23 heavy (non-hydrogen) atoms. The van der Waals surface area contributed by atoms with Crippen LogP contribution >= 0.6 is 0 Å². The van der Waals surface area contributed by atoms with Crippen LogP contribution in [0.4, 0.5) is 0 Å². The quantitative estimate of drug-likeness (QED) is 0.749. The fraction of sp³-hybridized carbons (Fsp3) is 0.444. The first-order chi connectivity index (χ1) is 10.9. The fourth-order valence-corrected chi connectivity index (χ4v) is 2.36. The van der Waals surface area contributed by atoms with Gasteiger partial charge in [-0.05, 0) is 12.0 Å². The molecular weight excluding hydrogens is 292 g/mol. The third-order valence-corrected chi connectivity index (χ3v) is 3.51. The van der Waals surface area contributed by atoms with Gasteiger partial charge < -0.3 is 15.0 Å². The number of ether oxygens (including phenoxy) is 1. The lowest BCUT2D eigenvalue weighted by atomic mass is 10.0. The number of nitrogens with zero attached hydrogens (tertiary/aromatic N) is 1. The van der Waals surface area contributed by atoms with Gasteiger partial charge in [0, 0.05) is 25.6 Å². The summed E-state index contributed by atoms with van der Waals surface area (Å²) in [4.78, 5) is 25.9. The Morgan fingerprint density at radius 2 is 2.00 bits per heavy atom. The van der Waals surface area contributed by atoms with E-state index in [1.54, 1.807) is 18.1 Å². The number of benzene rings is 1. The third-order valence-electron chi connectivity index (χ3n) is 3.51. The summed E-state index contributed by atoms with van der Waals surface area (Å²) in [5.41, 5.74) is 0.913. The van der Waals surface area contributed by atoms with Crippen molar-refractivity contribution in [3.63, 3.8) is 0 Å². The molecule has 1 N–H and O–H groups in total. The minimum absolute atomic E-state index is 0.00335. The van der Waals surface area contributed by atoms with E-state index in [2.05, 4.69) is 11.9 Å². The zero-order valence-corrected chi connectivity index (χ0v) is 14.3. The zero-order chi connectivity index (χ0) is 17.4. The Bertz CT molecular complexity index is 555. The maximum absolute atomic E-state index is 12.8. The second-order valence-corrected chi connectivity index (χ2v) is 5.74. The van der Waals surface area contributed by atoms with Crippen molar-refractivity contribution in [2.45, 2.75) is 33.4 Å². The monoisotopic (exact) mass is 318 g/mol. The van der Waals surface area contributed by atoms with Crippen LogP contribution < -0.4 is 10.1 Å². The number of carbonyl (C=O) groups is 2. The van der Waals surface area contributed by atoms with Crippen LogP contribution in [0.5, 0.6) is 5.75 Å². The Morgan fingerprint density at radius 1 is 1.35 bits per heavy atom. The van der Waals surface area contributed by atoms with Crippen LogP contribution in [0.15, 0.2) is 36.9 Å². The van der Waals surface area contributed by atoms with E-state index in [0.29, 0.717) is 13.1 Å². The molecule has 0 radical (unpaired) electrons. The first-order valence-corrected chi connectivity index (χ1v) is 7.69. The van der Waals surface area contributed by atoms with Gasteiger partial charge in [-0.2, -0.15) is 0 Å². The molecule has 1 aromatic carbocycles. The minimum atomic E-state index is -0.554. The number of hydrogen-bond acceptors (Lipinski definition) is 3. The third kappa shape index (κ3) is 5.43. The molecule has 0 aromatic heterocycles. The number of para-hydroxylation sites is 1. The lowest BCUT2D eigenvalue weighted by molar-refractivity contribution is -0.137. The summed E-state index contributed by atoms with van der Waals surface area (Å²) < 4.78 is 5.34. The van der Waals surface area contributed by atoms with Crippen LogP contribution in [-0.2, 0) is 16.1 Å². The maximum Gasteiger partial charge on any atom is 0.245 e. The highest BCUT2D eigenvalue weighted by Crippen LogP contribution is 2.20. The molecule has 0 bridgehead atoms. The van der Waals surface area contributed by atoms with Gasteiger partial charge in [-0.15, -0.1) is 6.58 Å². The van der Waals surface area contributed by atoms with Gasteiger partial charge in [0.15, 0.2) is 0 Å². The topological polar surface area (TPSA) is 58.6 Å². The van der Waals surface area contributed by atoms with Gasteiger partial charge in [-0.3, -0.25) is 9.59 Å². The molecule has 1 atom stereocenters. The van der Waals surface area contributed by atoms with Gasteiger partial charge in [0.25, 0.3) is 0 Å². The molecule has 0 aliphatic rings. The molecule has 0 aliphatic carbocycles. The zero-order valence-electron chi connectivity index (χ0n) is 14.3. The van der Waals surface area contributed by atoms with E-state index in [9.17, 15) is 9.59 Å². The summed E-state index contributed by atoms with van der Waals surface area (Å²) >= 11 is 0. The van der Waals surface area contributed by atoms with Gasteiger partial charge in [0.05, 0.1) is 7.11 Å². The Labute approximate surface area is 138 Å². The van der Waals surface area contributed by atoms with E-state index in [4.69, 9.17) is 4.74 Å². The van der Waals surface area contributed by atoms with Crippen LogP contribution in [0.25, 0.3) is 0 Å². The van der Waals surface area contributed by atoms with Crippen molar-refractivity contribution in [2.75, 3.05) is 13.7 Å². The number of hydrogen-bond donors (Lipinski definition) is 1. The predicted octanol–water partition coefficient (Wildman–Crippen LogP) is 2.37. The first-order valence-electron chi connectivity index (χ1n) is 7.69.